The molecule has 2 rings (SSSR count). The van der Waals surface area contributed by atoms with Crippen LogP contribution < -0.4 is 0 Å². The van der Waals surface area contributed by atoms with Gasteiger partial charge in [0.2, 0.25) is 0 Å². The zero-order chi connectivity index (χ0) is 10.7. The lowest BCUT2D eigenvalue weighted by Gasteiger charge is -2.03. The van der Waals surface area contributed by atoms with Crippen LogP contribution in [0, 0.1) is 0 Å². The Morgan fingerprint density at radius 3 is 3.13 bits per heavy atom. The topological polar surface area (TPSA) is 52.1 Å². The summed E-state index contributed by atoms with van der Waals surface area (Å²) >= 11 is 0. The zero-order valence-corrected chi connectivity index (χ0v) is 8.30. The smallest absolute Gasteiger partial charge is 0.341 e. The molecular weight excluding hydrogens is 192 g/mol. The summed E-state index contributed by atoms with van der Waals surface area (Å²) in [7, 11) is 0. The summed E-state index contributed by atoms with van der Waals surface area (Å²) in [6.07, 6.45) is 4.80. The van der Waals surface area contributed by atoms with Gasteiger partial charge in [-0.3, -0.25) is 9.97 Å². The number of carbonyl (C=O) groups excluding carboxylic acids is 1. The van der Waals surface area contributed by atoms with Crippen LogP contribution in [0.5, 0.6) is 0 Å². The van der Waals surface area contributed by atoms with E-state index < -0.39 is 0 Å². The highest BCUT2D eigenvalue weighted by Gasteiger charge is 2.11. The van der Waals surface area contributed by atoms with E-state index in [9.17, 15) is 4.79 Å². The zero-order valence-electron chi connectivity index (χ0n) is 8.30. The molecule has 0 amide bonds. The van der Waals surface area contributed by atoms with Gasteiger partial charge < -0.3 is 4.74 Å². The number of nitrogens with zero attached hydrogens (tertiary/aromatic N) is 2. The Bertz CT molecular complexity index is 491. The molecule has 0 N–H and O–H groups in total. The van der Waals surface area contributed by atoms with Crippen LogP contribution in [0.15, 0.2) is 30.7 Å². The standard InChI is InChI=1S/C11H10N2O2/c1-2-15-11(14)9-7-12-6-8-4-3-5-13-10(8)9/h3-7H,2H2,1H3. The summed E-state index contributed by atoms with van der Waals surface area (Å²) in [6, 6.07) is 3.66. The fourth-order valence-corrected chi connectivity index (χ4v) is 1.36. The Labute approximate surface area is 86.9 Å². The second kappa shape index (κ2) is 4.04. The average Bonchev–Trinajstić information content (AvgIpc) is 2.28. The van der Waals surface area contributed by atoms with Crippen LogP contribution >= 0.6 is 0 Å². The van der Waals surface area contributed by atoms with Crippen molar-refractivity contribution >= 4 is 16.9 Å². The van der Waals surface area contributed by atoms with E-state index in [0.29, 0.717) is 17.7 Å². The third-order valence-electron chi connectivity index (χ3n) is 2.01. The van der Waals surface area contributed by atoms with Crippen molar-refractivity contribution in [2.75, 3.05) is 6.61 Å². The first kappa shape index (κ1) is 9.58. The van der Waals surface area contributed by atoms with Gasteiger partial charge in [0, 0.05) is 24.0 Å². The van der Waals surface area contributed by atoms with Gasteiger partial charge in [0.25, 0.3) is 0 Å². The lowest BCUT2D eigenvalue weighted by Crippen LogP contribution is -2.06. The summed E-state index contributed by atoms with van der Waals surface area (Å²) in [5, 5.41) is 0.836. The second-order valence-electron chi connectivity index (χ2n) is 2.98. The first-order valence-electron chi connectivity index (χ1n) is 4.68. The molecule has 2 aromatic rings. The number of carbonyl (C=O) groups is 1. The van der Waals surface area contributed by atoms with Crippen LogP contribution in [0.4, 0.5) is 0 Å². The van der Waals surface area contributed by atoms with Crippen molar-refractivity contribution in [2.45, 2.75) is 6.92 Å². The van der Waals surface area contributed by atoms with Crippen molar-refractivity contribution in [1.29, 1.82) is 0 Å². The second-order valence-corrected chi connectivity index (χ2v) is 2.98. The third-order valence-corrected chi connectivity index (χ3v) is 2.01. The first-order valence-corrected chi connectivity index (χ1v) is 4.68. The molecule has 0 atom stereocenters. The van der Waals surface area contributed by atoms with Crippen molar-refractivity contribution in [2.24, 2.45) is 0 Å². The van der Waals surface area contributed by atoms with Crippen molar-refractivity contribution in [3.63, 3.8) is 0 Å². The SMILES string of the molecule is CCOC(=O)c1cncc2cccnc12. The number of fused-ring (bicyclic) bond motifs is 1. The molecule has 15 heavy (non-hydrogen) atoms. The summed E-state index contributed by atoms with van der Waals surface area (Å²) in [4.78, 5) is 19.7. The van der Waals surface area contributed by atoms with Crippen LogP contribution in [0.1, 0.15) is 17.3 Å². The summed E-state index contributed by atoms with van der Waals surface area (Å²) in [6.45, 7) is 2.12. The van der Waals surface area contributed by atoms with Gasteiger partial charge in [0.1, 0.15) is 5.56 Å². The molecule has 0 unspecified atom stereocenters. The highest BCUT2D eigenvalue weighted by Crippen LogP contribution is 2.14. The van der Waals surface area contributed by atoms with Crippen LogP contribution in [-0.2, 0) is 4.74 Å². The maximum absolute atomic E-state index is 11.6. The summed E-state index contributed by atoms with van der Waals surface area (Å²) in [5.74, 6) is -0.380. The Morgan fingerprint density at radius 1 is 1.47 bits per heavy atom. The predicted octanol–water partition coefficient (Wildman–Crippen LogP) is 1.81. The van der Waals surface area contributed by atoms with E-state index in [1.807, 2.05) is 6.07 Å². The minimum absolute atomic E-state index is 0.349. The Morgan fingerprint density at radius 2 is 2.33 bits per heavy atom. The number of aromatic nitrogens is 2. The lowest BCUT2D eigenvalue weighted by molar-refractivity contribution is 0.0528. The van der Waals surface area contributed by atoms with E-state index >= 15 is 0 Å². The van der Waals surface area contributed by atoms with E-state index in [1.54, 1.807) is 25.4 Å². The Balaban J connectivity index is 2.56. The minimum atomic E-state index is -0.380. The van der Waals surface area contributed by atoms with E-state index in [1.165, 1.54) is 6.20 Å². The molecule has 2 aromatic heterocycles. The molecular formula is C11H10N2O2. The quantitative estimate of drug-likeness (QED) is 0.697. The highest BCUT2D eigenvalue weighted by molar-refractivity contribution is 6.01. The molecule has 0 saturated carbocycles. The number of rotatable bonds is 2. The number of hydrogen-bond acceptors (Lipinski definition) is 4. The highest BCUT2D eigenvalue weighted by atomic mass is 16.5. The van der Waals surface area contributed by atoms with Crippen LogP contribution in [0.2, 0.25) is 0 Å². The van der Waals surface area contributed by atoms with E-state index in [4.69, 9.17) is 4.74 Å². The number of ether oxygens (including phenoxy) is 1. The van der Waals surface area contributed by atoms with Gasteiger partial charge in [-0.25, -0.2) is 4.79 Å². The normalized spacial score (nSPS) is 10.2. The maximum atomic E-state index is 11.6. The predicted molar refractivity (Wildman–Crippen MR) is 55.5 cm³/mol. The van der Waals surface area contributed by atoms with E-state index in [2.05, 4.69) is 9.97 Å². The number of esters is 1. The number of pyridine rings is 2. The maximum Gasteiger partial charge on any atom is 0.341 e. The van der Waals surface area contributed by atoms with Crippen molar-refractivity contribution in [1.82, 2.24) is 9.97 Å². The Kier molecular flexibility index (Phi) is 2.58. The van der Waals surface area contributed by atoms with Crippen molar-refractivity contribution < 1.29 is 9.53 Å². The largest absolute Gasteiger partial charge is 0.462 e. The van der Waals surface area contributed by atoms with E-state index in [0.717, 1.165) is 5.39 Å². The fraction of sp³-hybridized carbons (Fsp3) is 0.182. The van der Waals surface area contributed by atoms with Crippen molar-refractivity contribution in [3.8, 4) is 0 Å². The molecule has 0 bridgehead atoms. The molecule has 0 aromatic carbocycles. The summed E-state index contributed by atoms with van der Waals surface area (Å²) < 4.78 is 4.92. The molecule has 0 radical (unpaired) electrons. The first-order chi connectivity index (χ1) is 7.33. The fourth-order valence-electron chi connectivity index (χ4n) is 1.36. The van der Waals surface area contributed by atoms with Gasteiger partial charge >= 0.3 is 5.97 Å². The lowest BCUT2D eigenvalue weighted by atomic mass is 10.2. The molecule has 0 aliphatic rings. The van der Waals surface area contributed by atoms with Gasteiger partial charge in [-0.05, 0) is 19.1 Å². The van der Waals surface area contributed by atoms with Crippen LogP contribution in [-0.4, -0.2) is 22.5 Å². The van der Waals surface area contributed by atoms with Gasteiger partial charge in [0.05, 0.1) is 12.1 Å². The van der Waals surface area contributed by atoms with Gasteiger partial charge in [-0.2, -0.15) is 0 Å². The van der Waals surface area contributed by atoms with Gasteiger partial charge in [0.15, 0.2) is 0 Å². The van der Waals surface area contributed by atoms with Gasteiger partial charge in [-0.1, -0.05) is 0 Å². The van der Waals surface area contributed by atoms with Crippen LogP contribution in [0.25, 0.3) is 10.9 Å². The molecule has 2 heterocycles. The molecule has 0 spiro atoms. The third kappa shape index (κ3) is 1.79. The molecule has 0 saturated heterocycles. The monoisotopic (exact) mass is 202 g/mol. The van der Waals surface area contributed by atoms with Gasteiger partial charge in [-0.15, -0.1) is 0 Å². The molecule has 0 aliphatic heterocycles. The molecule has 0 aliphatic carbocycles. The minimum Gasteiger partial charge on any atom is -0.462 e. The van der Waals surface area contributed by atoms with E-state index in [-0.39, 0.29) is 5.97 Å². The number of hydrogen-bond donors (Lipinski definition) is 0. The average molecular weight is 202 g/mol. The van der Waals surface area contributed by atoms with Crippen LogP contribution in [0.3, 0.4) is 0 Å². The molecule has 0 fully saturated rings. The van der Waals surface area contributed by atoms with Crippen molar-refractivity contribution in [3.05, 3.63) is 36.3 Å². The molecule has 4 nitrogen and oxygen atoms in total. The Hall–Kier alpha value is -1.97. The molecule has 4 heteroatoms. The summed E-state index contributed by atoms with van der Waals surface area (Å²) in [5.41, 5.74) is 1.04. The molecule has 76 valence electrons.